The number of hydrogen-bond donors (Lipinski definition) is 1. The predicted octanol–water partition coefficient (Wildman–Crippen LogP) is 3.36. The Morgan fingerprint density at radius 1 is 1.38 bits per heavy atom. The van der Waals surface area contributed by atoms with E-state index in [-0.39, 0.29) is 0 Å². The molecule has 0 fully saturated rings. The van der Waals surface area contributed by atoms with E-state index < -0.39 is 0 Å². The SMILES string of the molecule is CCCOc1ccc(Cl)c(Cl)c1N. The van der Waals surface area contributed by atoms with E-state index in [4.69, 9.17) is 33.7 Å². The zero-order valence-corrected chi connectivity index (χ0v) is 8.82. The summed E-state index contributed by atoms with van der Waals surface area (Å²) in [4.78, 5) is 0. The largest absolute Gasteiger partial charge is 0.491 e. The summed E-state index contributed by atoms with van der Waals surface area (Å²) in [7, 11) is 0. The lowest BCUT2D eigenvalue weighted by Gasteiger charge is -2.09. The van der Waals surface area contributed by atoms with Crippen LogP contribution in [0, 0.1) is 0 Å². The van der Waals surface area contributed by atoms with Crippen LogP contribution >= 0.6 is 23.2 Å². The summed E-state index contributed by atoms with van der Waals surface area (Å²) in [6.45, 7) is 2.65. The smallest absolute Gasteiger partial charge is 0.143 e. The summed E-state index contributed by atoms with van der Waals surface area (Å²) in [6, 6.07) is 3.39. The molecular formula is C9H11Cl2NO. The zero-order valence-electron chi connectivity index (χ0n) is 7.31. The fraction of sp³-hybridized carbons (Fsp3) is 0.333. The van der Waals surface area contributed by atoms with Crippen LogP contribution in [0.4, 0.5) is 5.69 Å². The molecular weight excluding hydrogens is 209 g/mol. The summed E-state index contributed by atoms with van der Waals surface area (Å²) >= 11 is 11.6. The fourth-order valence-electron chi connectivity index (χ4n) is 0.886. The van der Waals surface area contributed by atoms with Gasteiger partial charge in [0.2, 0.25) is 0 Å². The van der Waals surface area contributed by atoms with Crippen LogP contribution in [0.5, 0.6) is 5.75 Å². The van der Waals surface area contributed by atoms with Crippen molar-refractivity contribution in [2.75, 3.05) is 12.3 Å². The van der Waals surface area contributed by atoms with Gasteiger partial charge in [0.15, 0.2) is 0 Å². The molecule has 1 rings (SSSR count). The van der Waals surface area contributed by atoms with E-state index in [9.17, 15) is 0 Å². The highest BCUT2D eigenvalue weighted by molar-refractivity contribution is 6.43. The van der Waals surface area contributed by atoms with Crippen molar-refractivity contribution in [1.29, 1.82) is 0 Å². The van der Waals surface area contributed by atoms with Crippen LogP contribution in [-0.4, -0.2) is 6.61 Å². The van der Waals surface area contributed by atoms with Crippen molar-refractivity contribution >= 4 is 28.9 Å². The van der Waals surface area contributed by atoms with E-state index in [1.54, 1.807) is 12.1 Å². The van der Waals surface area contributed by atoms with E-state index >= 15 is 0 Å². The average Bonchev–Trinajstić information content (AvgIpc) is 2.13. The summed E-state index contributed by atoms with van der Waals surface area (Å²) in [5.74, 6) is 0.594. The molecule has 0 atom stereocenters. The van der Waals surface area contributed by atoms with E-state index in [1.165, 1.54) is 0 Å². The first kappa shape index (κ1) is 10.5. The second kappa shape index (κ2) is 4.58. The first-order valence-corrected chi connectivity index (χ1v) is 4.78. The predicted molar refractivity (Wildman–Crippen MR) is 56.7 cm³/mol. The molecule has 0 amide bonds. The highest BCUT2D eigenvalue weighted by Gasteiger charge is 2.07. The molecule has 4 heteroatoms. The average molecular weight is 220 g/mol. The number of anilines is 1. The molecule has 1 aromatic carbocycles. The lowest BCUT2D eigenvalue weighted by atomic mass is 10.3. The number of rotatable bonds is 3. The van der Waals surface area contributed by atoms with E-state index in [0.717, 1.165) is 6.42 Å². The van der Waals surface area contributed by atoms with Gasteiger partial charge in [0.1, 0.15) is 5.75 Å². The number of ether oxygens (including phenoxy) is 1. The van der Waals surface area contributed by atoms with Gasteiger partial charge in [0, 0.05) is 0 Å². The number of nitrogen functional groups attached to an aromatic ring is 1. The Morgan fingerprint density at radius 3 is 2.69 bits per heavy atom. The van der Waals surface area contributed by atoms with Crippen molar-refractivity contribution in [3.05, 3.63) is 22.2 Å². The number of hydrogen-bond acceptors (Lipinski definition) is 2. The van der Waals surface area contributed by atoms with Gasteiger partial charge in [-0.25, -0.2) is 0 Å². The molecule has 0 saturated carbocycles. The maximum absolute atomic E-state index is 5.82. The molecule has 0 aliphatic carbocycles. The Balaban J connectivity index is 2.90. The molecule has 0 radical (unpaired) electrons. The first-order chi connectivity index (χ1) is 6.16. The summed E-state index contributed by atoms with van der Waals surface area (Å²) in [5.41, 5.74) is 6.09. The third kappa shape index (κ3) is 2.42. The van der Waals surface area contributed by atoms with Gasteiger partial charge in [-0.15, -0.1) is 0 Å². The molecule has 72 valence electrons. The molecule has 0 aromatic heterocycles. The molecule has 1 aromatic rings. The highest BCUT2D eigenvalue weighted by Crippen LogP contribution is 2.35. The molecule has 0 aliphatic rings. The molecule has 0 aliphatic heterocycles. The summed E-state index contributed by atoms with van der Waals surface area (Å²) < 4.78 is 5.35. The Bertz CT molecular complexity index is 302. The van der Waals surface area contributed by atoms with Crippen LogP contribution in [0.3, 0.4) is 0 Å². The van der Waals surface area contributed by atoms with Gasteiger partial charge in [-0.05, 0) is 18.6 Å². The zero-order chi connectivity index (χ0) is 9.84. The van der Waals surface area contributed by atoms with E-state index in [2.05, 4.69) is 0 Å². The minimum atomic E-state index is 0.357. The molecule has 13 heavy (non-hydrogen) atoms. The molecule has 0 saturated heterocycles. The van der Waals surface area contributed by atoms with Gasteiger partial charge in [-0.2, -0.15) is 0 Å². The summed E-state index contributed by atoms with van der Waals surface area (Å²) in [6.07, 6.45) is 0.930. The van der Waals surface area contributed by atoms with Gasteiger partial charge >= 0.3 is 0 Å². The van der Waals surface area contributed by atoms with Crippen LogP contribution in [0.1, 0.15) is 13.3 Å². The second-order valence-electron chi connectivity index (χ2n) is 2.62. The van der Waals surface area contributed by atoms with Crippen LogP contribution in [0.15, 0.2) is 12.1 Å². The Kier molecular flexibility index (Phi) is 3.70. The van der Waals surface area contributed by atoms with E-state index in [0.29, 0.717) is 28.1 Å². The lowest BCUT2D eigenvalue weighted by Crippen LogP contribution is -1.99. The molecule has 2 nitrogen and oxygen atoms in total. The standard InChI is InChI=1S/C9H11Cl2NO/c1-2-5-13-7-4-3-6(10)8(11)9(7)12/h3-4H,2,5,12H2,1H3. The third-order valence-corrected chi connectivity index (χ3v) is 2.37. The fourth-order valence-corrected chi connectivity index (χ4v) is 1.21. The normalized spacial score (nSPS) is 10.1. The molecule has 0 bridgehead atoms. The molecule has 2 N–H and O–H groups in total. The number of halogens is 2. The van der Waals surface area contributed by atoms with Crippen molar-refractivity contribution in [1.82, 2.24) is 0 Å². The Morgan fingerprint density at radius 2 is 2.08 bits per heavy atom. The minimum Gasteiger partial charge on any atom is -0.491 e. The Labute approximate surface area is 87.6 Å². The van der Waals surface area contributed by atoms with Gasteiger partial charge in [-0.1, -0.05) is 30.1 Å². The van der Waals surface area contributed by atoms with Crippen molar-refractivity contribution in [2.24, 2.45) is 0 Å². The molecule has 0 spiro atoms. The van der Waals surface area contributed by atoms with E-state index in [1.807, 2.05) is 6.92 Å². The third-order valence-electron chi connectivity index (χ3n) is 1.55. The maximum Gasteiger partial charge on any atom is 0.143 e. The topological polar surface area (TPSA) is 35.2 Å². The summed E-state index contributed by atoms with van der Waals surface area (Å²) in [5, 5.41) is 0.804. The second-order valence-corrected chi connectivity index (χ2v) is 3.41. The van der Waals surface area contributed by atoms with Crippen LogP contribution in [-0.2, 0) is 0 Å². The van der Waals surface area contributed by atoms with Gasteiger partial charge in [0.25, 0.3) is 0 Å². The monoisotopic (exact) mass is 219 g/mol. The van der Waals surface area contributed by atoms with Gasteiger partial charge < -0.3 is 10.5 Å². The Hall–Kier alpha value is -0.600. The van der Waals surface area contributed by atoms with Crippen molar-refractivity contribution < 1.29 is 4.74 Å². The maximum atomic E-state index is 5.82. The van der Waals surface area contributed by atoms with Crippen LogP contribution < -0.4 is 10.5 Å². The van der Waals surface area contributed by atoms with Gasteiger partial charge in [-0.3, -0.25) is 0 Å². The van der Waals surface area contributed by atoms with Crippen molar-refractivity contribution in [3.63, 3.8) is 0 Å². The van der Waals surface area contributed by atoms with Gasteiger partial charge in [0.05, 0.1) is 22.3 Å². The van der Waals surface area contributed by atoms with Crippen LogP contribution in [0.25, 0.3) is 0 Å². The van der Waals surface area contributed by atoms with Crippen molar-refractivity contribution in [3.8, 4) is 5.75 Å². The molecule has 0 heterocycles. The quantitative estimate of drug-likeness (QED) is 0.792. The lowest BCUT2D eigenvalue weighted by molar-refractivity contribution is 0.319. The first-order valence-electron chi connectivity index (χ1n) is 4.03. The molecule has 0 unspecified atom stereocenters. The van der Waals surface area contributed by atoms with Crippen LogP contribution in [0.2, 0.25) is 10.0 Å². The minimum absolute atomic E-state index is 0.357. The highest BCUT2D eigenvalue weighted by atomic mass is 35.5. The van der Waals surface area contributed by atoms with Crippen molar-refractivity contribution in [2.45, 2.75) is 13.3 Å². The number of benzene rings is 1. The number of nitrogens with two attached hydrogens (primary N) is 1.